The molecule has 7 heteroatoms. The maximum atomic E-state index is 12.7. The van der Waals surface area contributed by atoms with Crippen LogP contribution in [0.1, 0.15) is 6.92 Å². The molecule has 130 valence electrons. The van der Waals surface area contributed by atoms with Gasteiger partial charge in [0.05, 0.1) is 22.3 Å². The first-order chi connectivity index (χ1) is 12.0. The smallest absolute Gasteiger partial charge is 0.264 e. The highest BCUT2D eigenvalue weighted by Crippen LogP contribution is 2.31. The molecule has 1 aliphatic rings. The third kappa shape index (κ3) is 3.89. The number of ether oxygens (including phenoxy) is 1. The van der Waals surface area contributed by atoms with E-state index in [0.29, 0.717) is 27.2 Å². The Morgan fingerprint density at radius 2 is 2.04 bits per heavy atom. The number of hydrogen-bond acceptors (Lipinski definition) is 3. The van der Waals surface area contributed by atoms with Crippen LogP contribution in [0.25, 0.3) is 0 Å². The molecule has 0 spiro atoms. The zero-order valence-electron chi connectivity index (χ0n) is 13.5. The van der Waals surface area contributed by atoms with Crippen LogP contribution in [-0.2, 0) is 9.59 Å². The van der Waals surface area contributed by atoms with Gasteiger partial charge in [0.1, 0.15) is 5.75 Å². The number of halogens is 2. The molecule has 2 amide bonds. The van der Waals surface area contributed by atoms with Crippen molar-refractivity contribution in [1.82, 2.24) is 0 Å². The highest BCUT2D eigenvalue weighted by molar-refractivity contribution is 6.35. The van der Waals surface area contributed by atoms with E-state index in [2.05, 4.69) is 5.32 Å². The lowest BCUT2D eigenvalue weighted by atomic mass is 10.1. The maximum Gasteiger partial charge on any atom is 0.264 e. The molecule has 0 saturated heterocycles. The van der Waals surface area contributed by atoms with Gasteiger partial charge in [-0.25, -0.2) is 0 Å². The minimum Gasteiger partial charge on any atom is -0.482 e. The molecule has 3 rings (SSSR count). The van der Waals surface area contributed by atoms with Crippen LogP contribution in [-0.4, -0.2) is 25.0 Å². The molecule has 0 aromatic heterocycles. The molecule has 0 fully saturated rings. The molecule has 0 aliphatic carbocycles. The summed E-state index contributed by atoms with van der Waals surface area (Å²) in [5.74, 6) is -0.341. The molecule has 1 unspecified atom stereocenters. The van der Waals surface area contributed by atoms with Gasteiger partial charge in [0.25, 0.3) is 5.91 Å². The molecular weight excluding hydrogens is 363 g/mol. The van der Waals surface area contributed by atoms with E-state index in [0.717, 1.165) is 0 Å². The Bertz CT molecular complexity index is 826. The predicted octanol–water partition coefficient (Wildman–Crippen LogP) is 3.99. The van der Waals surface area contributed by atoms with E-state index < -0.39 is 0 Å². The number of carbonyl (C=O) groups excluding carboxylic acids is 2. The first-order valence-electron chi connectivity index (χ1n) is 7.74. The van der Waals surface area contributed by atoms with Crippen molar-refractivity contribution in [3.8, 4) is 5.75 Å². The summed E-state index contributed by atoms with van der Waals surface area (Å²) < 4.78 is 5.54. The number of nitrogens with zero attached hydrogens (tertiary/aromatic N) is 1. The molecule has 25 heavy (non-hydrogen) atoms. The van der Waals surface area contributed by atoms with Crippen molar-refractivity contribution in [3.05, 3.63) is 52.5 Å². The van der Waals surface area contributed by atoms with Crippen molar-refractivity contribution in [1.29, 1.82) is 0 Å². The number of rotatable bonds is 3. The van der Waals surface area contributed by atoms with Crippen molar-refractivity contribution in [2.75, 3.05) is 23.4 Å². The number of nitrogens with one attached hydrogen (secondary N) is 1. The standard InChI is InChI=1S/C18H16Cl2N2O3/c1-11-9-22(15-5-3-2-4-14(15)21-18(11)24)17(23)10-25-16-7-6-12(19)8-13(16)20/h2-8,11H,9-10H2,1H3,(H,21,24). The lowest BCUT2D eigenvalue weighted by Gasteiger charge is -2.23. The van der Waals surface area contributed by atoms with Gasteiger partial charge in [-0.3, -0.25) is 9.59 Å². The zero-order chi connectivity index (χ0) is 18.0. The van der Waals surface area contributed by atoms with Gasteiger partial charge in [-0.05, 0) is 30.3 Å². The molecule has 0 saturated carbocycles. The van der Waals surface area contributed by atoms with E-state index in [-0.39, 0.29) is 30.9 Å². The quantitative estimate of drug-likeness (QED) is 0.877. The second-order valence-corrected chi connectivity index (χ2v) is 6.62. The summed E-state index contributed by atoms with van der Waals surface area (Å²) in [6.45, 7) is 1.86. The normalized spacial score (nSPS) is 16.7. The maximum absolute atomic E-state index is 12.7. The van der Waals surface area contributed by atoms with Crippen LogP contribution in [0, 0.1) is 5.92 Å². The van der Waals surface area contributed by atoms with Crippen molar-refractivity contribution < 1.29 is 14.3 Å². The van der Waals surface area contributed by atoms with Gasteiger partial charge in [-0.15, -0.1) is 0 Å². The summed E-state index contributed by atoms with van der Waals surface area (Å²) in [5, 5.41) is 3.66. The molecule has 2 aromatic rings. The summed E-state index contributed by atoms with van der Waals surface area (Å²) >= 11 is 11.9. The molecular formula is C18H16Cl2N2O3. The lowest BCUT2D eigenvalue weighted by molar-refractivity contribution is -0.121. The average Bonchev–Trinajstić information content (AvgIpc) is 2.71. The summed E-state index contributed by atoms with van der Waals surface area (Å²) in [6, 6.07) is 12.0. The molecule has 5 nitrogen and oxygen atoms in total. The number of amides is 2. The van der Waals surface area contributed by atoms with E-state index in [9.17, 15) is 9.59 Å². The van der Waals surface area contributed by atoms with Crippen molar-refractivity contribution in [2.45, 2.75) is 6.92 Å². The van der Waals surface area contributed by atoms with Crippen molar-refractivity contribution in [2.24, 2.45) is 5.92 Å². The second-order valence-electron chi connectivity index (χ2n) is 5.78. The highest BCUT2D eigenvalue weighted by atomic mass is 35.5. The van der Waals surface area contributed by atoms with Gasteiger partial charge < -0.3 is 15.0 Å². The van der Waals surface area contributed by atoms with Crippen LogP contribution < -0.4 is 15.0 Å². The SMILES string of the molecule is CC1CN(C(=O)COc2ccc(Cl)cc2Cl)c2ccccc2NC1=O. The Morgan fingerprint density at radius 3 is 2.80 bits per heavy atom. The number of carbonyl (C=O) groups is 2. The van der Waals surface area contributed by atoms with Gasteiger partial charge in [0, 0.05) is 11.6 Å². The molecule has 2 aromatic carbocycles. The Balaban J connectivity index is 1.79. The minimum absolute atomic E-state index is 0.121. The van der Waals surface area contributed by atoms with Gasteiger partial charge in [0.2, 0.25) is 5.91 Å². The number of para-hydroxylation sites is 2. The lowest BCUT2D eigenvalue weighted by Crippen LogP contribution is -2.38. The van der Waals surface area contributed by atoms with Crippen LogP contribution in [0.3, 0.4) is 0 Å². The number of hydrogen-bond donors (Lipinski definition) is 1. The topological polar surface area (TPSA) is 58.6 Å². The average molecular weight is 379 g/mol. The summed E-state index contributed by atoms with van der Waals surface area (Å²) in [6.07, 6.45) is 0. The fourth-order valence-corrected chi connectivity index (χ4v) is 3.03. The van der Waals surface area contributed by atoms with Gasteiger partial charge >= 0.3 is 0 Å². The van der Waals surface area contributed by atoms with Crippen molar-refractivity contribution >= 4 is 46.4 Å². The first-order valence-corrected chi connectivity index (χ1v) is 8.49. The van der Waals surface area contributed by atoms with E-state index in [1.807, 2.05) is 12.1 Å². The second kappa shape index (κ2) is 7.33. The Morgan fingerprint density at radius 1 is 1.28 bits per heavy atom. The van der Waals surface area contributed by atoms with E-state index >= 15 is 0 Å². The first kappa shape index (κ1) is 17.6. The Hall–Kier alpha value is -2.24. The van der Waals surface area contributed by atoms with Crippen LogP contribution in [0.4, 0.5) is 11.4 Å². The number of anilines is 2. The van der Waals surface area contributed by atoms with Crippen LogP contribution >= 0.6 is 23.2 Å². The van der Waals surface area contributed by atoms with E-state index in [4.69, 9.17) is 27.9 Å². The monoisotopic (exact) mass is 378 g/mol. The summed E-state index contributed by atoms with van der Waals surface area (Å²) in [5.41, 5.74) is 1.26. The molecule has 0 bridgehead atoms. The van der Waals surface area contributed by atoms with Gasteiger partial charge in [-0.1, -0.05) is 42.3 Å². The number of benzene rings is 2. The highest BCUT2D eigenvalue weighted by Gasteiger charge is 2.28. The fourth-order valence-electron chi connectivity index (χ4n) is 2.57. The van der Waals surface area contributed by atoms with Gasteiger partial charge in [-0.2, -0.15) is 0 Å². The van der Waals surface area contributed by atoms with Crippen LogP contribution in [0.15, 0.2) is 42.5 Å². The molecule has 1 heterocycles. The minimum atomic E-state index is -0.338. The van der Waals surface area contributed by atoms with Gasteiger partial charge in [0.15, 0.2) is 6.61 Å². The van der Waals surface area contributed by atoms with Crippen LogP contribution in [0.5, 0.6) is 5.75 Å². The van der Waals surface area contributed by atoms with E-state index in [1.165, 1.54) is 0 Å². The van der Waals surface area contributed by atoms with Crippen LogP contribution in [0.2, 0.25) is 10.0 Å². The van der Waals surface area contributed by atoms with E-state index in [1.54, 1.807) is 42.2 Å². The molecule has 1 aliphatic heterocycles. The third-order valence-corrected chi connectivity index (χ3v) is 4.43. The van der Waals surface area contributed by atoms with Crippen molar-refractivity contribution in [3.63, 3.8) is 0 Å². The largest absolute Gasteiger partial charge is 0.482 e. The predicted molar refractivity (Wildman–Crippen MR) is 98.5 cm³/mol. The number of fused-ring (bicyclic) bond motifs is 1. The zero-order valence-corrected chi connectivity index (χ0v) is 15.0. The molecule has 1 N–H and O–H groups in total. The molecule has 0 radical (unpaired) electrons. The Labute approximate surface area is 155 Å². The summed E-state index contributed by atoms with van der Waals surface area (Å²) in [7, 11) is 0. The third-order valence-electron chi connectivity index (χ3n) is 3.90. The molecule has 1 atom stereocenters. The summed E-state index contributed by atoms with van der Waals surface area (Å²) in [4.78, 5) is 26.4. The fraction of sp³-hybridized carbons (Fsp3) is 0.222. The Kier molecular flexibility index (Phi) is 5.16.